The van der Waals surface area contributed by atoms with Crippen LogP contribution in [0.4, 0.5) is 5.69 Å². The molecule has 1 amide bonds. The van der Waals surface area contributed by atoms with Gasteiger partial charge < -0.3 is 9.64 Å². The Balaban J connectivity index is 2.30. The first-order chi connectivity index (χ1) is 8.56. The van der Waals surface area contributed by atoms with Gasteiger partial charge in [-0.05, 0) is 18.6 Å². The normalized spacial score (nSPS) is 23.3. The van der Waals surface area contributed by atoms with Crippen LogP contribution in [0.5, 0.6) is 0 Å². The molecular weight excluding hydrogens is 230 g/mol. The van der Waals surface area contributed by atoms with Crippen molar-refractivity contribution in [3.05, 3.63) is 29.8 Å². The van der Waals surface area contributed by atoms with Gasteiger partial charge in [-0.25, -0.2) is 0 Å². The van der Waals surface area contributed by atoms with Gasteiger partial charge >= 0.3 is 5.97 Å². The van der Waals surface area contributed by atoms with Gasteiger partial charge in [0, 0.05) is 12.2 Å². The molecule has 0 spiro atoms. The molecule has 2 unspecified atom stereocenters. The zero-order valence-corrected chi connectivity index (χ0v) is 10.8. The minimum atomic E-state index is -0.373. The number of aryl methyl sites for hydroxylation is 1. The highest BCUT2D eigenvalue weighted by atomic mass is 16.5. The third-order valence-electron chi connectivity index (χ3n) is 3.55. The van der Waals surface area contributed by atoms with Crippen molar-refractivity contribution in [1.29, 1.82) is 0 Å². The Morgan fingerprint density at radius 3 is 2.67 bits per heavy atom. The van der Waals surface area contributed by atoms with Gasteiger partial charge in [-0.15, -0.1) is 0 Å². The van der Waals surface area contributed by atoms with Gasteiger partial charge in [0.2, 0.25) is 5.91 Å². The number of para-hydroxylation sites is 1. The third-order valence-corrected chi connectivity index (χ3v) is 3.55. The Bertz CT molecular complexity index is 484. The van der Waals surface area contributed by atoms with Gasteiger partial charge in [-0.3, -0.25) is 9.59 Å². The summed E-state index contributed by atoms with van der Waals surface area (Å²) in [6, 6.07) is 7.69. The summed E-state index contributed by atoms with van der Waals surface area (Å²) < 4.78 is 4.75. The van der Waals surface area contributed by atoms with Crippen LogP contribution in [0.2, 0.25) is 0 Å². The predicted molar refractivity (Wildman–Crippen MR) is 68.2 cm³/mol. The lowest BCUT2D eigenvalue weighted by molar-refractivity contribution is -0.147. The van der Waals surface area contributed by atoms with Crippen molar-refractivity contribution in [2.45, 2.75) is 13.8 Å². The van der Waals surface area contributed by atoms with Crippen molar-refractivity contribution in [3.63, 3.8) is 0 Å². The summed E-state index contributed by atoms with van der Waals surface area (Å²) in [4.78, 5) is 25.5. The van der Waals surface area contributed by atoms with Crippen LogP contribution in [0.1, 0.15) is 12.5 Å². The maximum absolute atomic E-state index is 12.2. The minimum absolute atomic E-state index is 0.0142. The second-order valence-corrected chi connectivity index (χ2v) is 4.65. The number of nitrogens with zero attached hydrogens (tertiary/aromatic N) is 1. The van der Waals surface area contributed by atoms with Crippen LogP contribution < -0.4 is 4.90 Å². The van der Waals surface area contributed by atoms with E-state index in [1.54, 1.807) is 11.8 Å². The lowest BCUT2D eigenvalue weighted by atomic mass is 9.98. The molecule has 4 nitrogen and oxygen atoms in total. The van der Waals surface area contributed by atoms with Crippen molar-refractivity contribution in [3.8, 4) is 0 Å². The van der Waals surface area contributed by atoms with Crippen LogP contribution in [0.25, 0.3) is 0 Å². The Morgan fingerprint density at radius 1 is 1.39 bits per heavy atom. The highest BCUT2D eigenvalue weighted by Crippen LogP contribution is 2.31. The van der Waals surface area contributed by atoms with E-state index in [1.165, 1.54) is 7.11 Å². The molecule has 1 saturated heterocycles. The molecule has 1 aromatic carbocycles. The number of methoxy groups -OCH3 is 1. The van der Waals surface area contributed by atoms with Gasteiger partial charge in [0.25, 0.3) is 0 Å². The highest BCUT2D eigenvalue weighted by Gasteiger charge is 2.42. The number of carbonyl (C=O) groups is 2. The van der Waals surface area contributed by atoms with E-state index in [9.17, 15) is 9.59 Å². The first kappa shape index (κ1) is 12.6. The maximum Gasteiger partial charge on any atom is 0.311 e. The maximum atomic E-state index is 12.2. The molecule has 2 atom stereocenters. The molecule has 96 valence electrons. The van der Waals surface area contributed by atoms with E-state index in [-0.39, 0.29) is 23.7 Å². The fraction of sp³-hybridized carbons (Fsp3) is 0.429. The lowest BCUT2D eigenvalue weighted by Crippen LogP contribution is -2.27. The van der Waals surface area contributed by atoms with Crippen molar-refractivity contribution >= 4 is 17.6 Å². The first-order valence-electron chi connectivity index (χ1n) is 6.01. The molecule has 18 heavy (non-hydrogen) atoms. The van der Waals surface area contributed by atoms with Crippen molar-refractivity contribution in [2.24, 2.45) is 11.8 Å². The number of benzene rings is 1. The van der Waals surface area contributed by atoms with Crippen LogP contribution in [-0.2, 0) is 14.3 Å². The fourth-order valence-electron chi connectivity index (χ4n) is 2.38. The molecule has 1 aromatic rings. The standard InChI is InChI=1S/C14H17NO3/c1-9-6-4-5-7-12(9)15-8-11(14(17)18-3)10(2)13(15)16/h4-7,10-11H,8H2,1-3H3. The number of rotatable bonds is 2. The van der Waals surface area contributed by atoms with Gasteiger partial charge in [0.15, 0.2) is 0 Å². The molecule has 0 aromatic heterocycles. The largest absolute Gasteiger partial charge is 0.469 e. The van der Waals surface area contributed by atoms with E-state index >= 15 is 0 Å². The molecule has 0 radical (unpaired) electrons. The Kier molecular flexibility index (Phi) is 3.36. The minimum Gasteiger partial charge on any atom is -0.469 e. The first-order valence-corrected chi connectivity index (χ1v) is 6.01. The molecule has 0 aliphatic carbocycles. The number of carbonyl (C=O) groups excluding carboxylic acids is 2. The smallest absolute Gasteiger partial charge is 0.311 e. The zero-order chi connectivity index (χ0) is 13.3. The number of hydrogen-bond acceptors (Lipinski definition) is 3. The summed E-state index contributed by atoms with van der Waals surface area (Å²) in [5, 5.41) is 0. The quantitative estimate of drug-likeness (QED) is 0.748. The highest BCUT2D eigenvalue weighted by molar-refractivity contribution is 6.01. The Labute approximate surface area is 107 Å². The van der Waals surface area contributed by atoms with Crippen LogP contribution in [0, 0.1) is 18.8 Å². The zero-order valence-electron chi connectivity index (χ0n) is 10.8. The molecule has 1 aliphatic heterocycles. The van der Waals surface area contributed by atoms with E-state index in [2.05, 4.69) is 0 Å². The third kappa shape index (κ3) is 1.98. The summed E-state index contributed by atoms with van der Waals surface area (Å²) in [5.41, 5.74) is 1.91. The number of amides is 1. The molecule has 0 N–H and O–H groups in total. The second kappa shape index (κ2) is 4.80. The summed E-state index contributed by atoms with van der Waals surface area (Å²) in [5.74, 6) is -1.02. The van der Waals surface area contributed by atoms with Crippen LogP contribution >= 0.6 is 0 Å². The number of hydrogen-bond donors (Lipinski definition) is 0. The summed E-state index contributed by atoms with van der Waals surface area (Å²) in [7, 11) is 1.36. The van der Waals surface area contributed by atoms with Crippen LogP contribution in [0.15, 0.2) is 24.3 Å². The number of esters is 1. The Hall–Kier alpha value is -1.84. The monoisotopic (exact) mass is 247 g/mol. The molecule has 0 bridgehead atoms. The summed E-state index contributed by atoms with van der Waals surface area (Å²) in [6.45, 7) is 4.14. The molecule has 2 rings (SSSR count). The number of anilines is 1. The average molecular weight is 247 g/mol. The van der Waals surface area contributed by atoms with E-state index in [0.717, 1.165) is 11.3 Å². The van der Waals surface area contributed by atoms with Crippen LogP contribution in [0.3, 0.4) is 0 Å². The van der Waals surface area contributed by atoms with Gasteiger partial charge in [-0.1, -0.05) is 25.1 Å². The SMILES string of the molecule is COC(=O)C1CN(c2ccccc2C)C(=O)C1C. The predicted octanol–water partition coefficient (Wildman–Crippen LogP) is 1.77. The van der Waals surface area contributed by atoms with E-state index in [0.29, 0.717) is 6.54 Å². The molecule has 0 saturated carbocycles. The second-order valence-electron chi connectivity index (χ2n) is 4.65. The van der Waals surface area contributed by atoms with E-state index in [1.807, 2.05) is 31.2 Å². The molecule has 1 aliphatic rings. The van der Waals surface area contributed by atoms with Crippen molar-refractivity contribution in [2.75, 3.05) is 18.6 Å². The molecule has 1 heterocycles. The van der Waals surface area contributed by atoms with E-state index in [4.69, 9.17) is 4.74 Å². The fourth-order valence-corrected chi connectivity index (χ4v) is 2.38. The summed E-state index contributed by atoms with van der Waals surface area (Å²) in [6.07, 6.45) is 0. The average Bonchev–Trinajstić information content (AvgIpc) is 2.67. The molecule has 1 fully saturated rings. The summed E-state index contributed by atoms with van der Waals surface area (Å²) >= 11 is 0. The molecular formula is C14H17NO3. The van der Waals surface area contributed by atoms with Gasteiger partial charge in [-0.2, -0.15) is 0 Å². The number of ether oxygens (including phenoxy) is 1. The van der Waals surface area contributed by atoms with Crippen LogP contribution in [-0.4, -0.2) is 25.5 Å². The van der Waals surface area contributed by atoms with Crippen molar-refractivity contribution in [1.82, 2.24) is 0 Å². The molecule has 4 heteroatoms. The van der Waals surface area contributed by atoms with E-state index < -0.39 is 0 Å². The van der Waals surface area contributed by atoms with Gasteiger partial charge in [0.1, 0.15) is 0 Å². The van der Waals surface area contributed by atoms with Crippen molar-refractivity contribution < 1.29 is 14.3 Å². The van der Waals surface area contributed by atoms with Gasteiger partial charge in [0.05, 0.1) is 18.9 Å². The Morgan fingerprint density at radius 2 is 2.06 bits per heavy atom. The lowest BCUT2D eigenvalue weighted by Gasteiger charge is -2.18. The topological polar surface area (TPSA) is 46.6 Å².